The molecule has 0 radical (unpaired) electrons. The van der Waals surface area contributed by atoms with Crippen LogP contribution in [0.1, 0.15) is 28.4 Å². The lowest BCUT2D eigenvalue weighted by atomic mass is 9.86. The topological polar surface area (TPSA) is 84.1 Å². The third-order valence-electron chi connectivity index (χ3n) is 7.87. The van der Waals surface area contributed by atoms with Crippen molar-refractivity contribution in [1.82, 2.24) is 14.8 Å². The zero-order chi connectivity index (χ0) is 27.1. The lowest BCUT2D eigenvalue weighted by molar-refractivity contribution is -0.158. The molecule has 200 valence electrons. The van der Waals surface area contributed by atoms with Crippen molar-refractivity contribution >= 4 is 22.7 Å². The minimum atomic E-state index is -0.584. The number of piperazine rings is 1. The van der Waals surface area contributed by atoms with E-state index < -0.39 is 12.1 Å². The fourth-order valence-electron chi connectivity index (χ4n) is 5.97. The normalized spacial score (nSPS) is 18.6. The van der Waals surface area contributed by atoms with E-state index in [4.69, 9.17) is 14.2 Å². The SMILES string of the molecule is COc1cccc(C2c3[nH]c4ccccc4c3C[C@H]3C(=O)N(CCc4ccc(OC)c(OC)c4)CC(=O)N23)c1. The quantitative estimate of drug-likeness (QED) is 0.393. The number of aromatic amines is 1. The van der Waals surface area contributed by atoms with Crippen molar-refractivity contribution in [2.24, 2.45) is 0 Å². The number of ether oxygens (including phenoxy) is 3. The maximum Gasteiger partial charge on any atom is 0.246 e. The van der Waals surface area contributed by atoms with Gasteiger partial charge in [0, 0.05) is 29.6 Å². The Kier molecular flexibility index (Phi) is 6.38. The van der Waals surface area contributed by atoms with Crippen LogP contribution in [-0.4, -0.2) is 67.1 Å². The summed E-state index contributed by atoms with van der Waals surface area (Å²) < 4.78 is 16.3. The molecule has 39 heavy (non-hydrogen) atoms. The molecule has 1 unspecified atom stereocenters. The smallest absolute Gasteiger partial charge is 0.246 e. The van der Waals surface area contributed by atoms with E-state index in [1.165, 1.54) is 0 Å². The van der Waals surface area contributed by atoms with Gasteiger partial charge in [0.25, 0.3) is 0 Å². The molecule has 3 aromatic carbocycles. The molecule has 1 aromatic heterocycles. The molecule has 0 bridgehead atoms. The Labute approximate surface area is 227 Å². The summed E-state index contributed by atoms with van der Waals surface area (Å²) in [4.78, 5) is 34.8. The van der Waals surface area contributed by atoms with Crippen LogP contribution in [-0.2, 0) is 22.4 Å². The molecule has 2 aliphatic heterocycles. The van der Waals surface area contributed by atoms with Gasteiger partial charge in [-0.3, -0.25) is 9.59 Å². The maximum absolute atomic E-state index is 14.0. The van der Waals surface area contributed by atoms with E-state index in [0.717, 1.165) is 33.3 Å². The van der Waals surface area contributed by atoms with Gasteiger partial charge in [-0.1, -0.05) is 36.4 Å². The Morgan fingerprint density at radius 3 is 2.51 bits per heavy atom. The summed E-state index contributed by atoms with van der Waals surface area (Å²) in [5.74, 6) is 1.91. The van der Waals surface area contributed by atoms with E-state index in [0.29, 0.717) is 36.6 Å². The average molecular weight is 526 g/mol. The fraction of sp³-hybridized carbons (Fsp3) is 0.290. The second-order valence-corrected chi connectivity index (χ2v) is 9.96. The van der Waals surface area contributed by atoms with Crippen LogP contribution in [0, 0.1) is 0 Å². The summed E-state index contributed by atoms with van der Waals surface area (Å²) in [5, 5.41) is 1.09. The minimum absolute atomic E-state index is 0.0288. The zero-order valence-electron chi connectivity index (χ0n) is 22.3. The third kappa shape index (κ3) is 4.26. The lowest BCUT2D eigenvalue weighted by Gasteiger charge is -2.47. The van der Waals surface area contributed by atoms with Gasteiger partial charge >= 0.3 is 0 Å². The Bertz CT molecular complexity index is 1560. The van der Waals surface area contributed by atoms with Crippen LogP contribution in [0.25, 0.3) is 10.9 Å². The molecule has 0 spiro atoms. The average Bonchev–Trinajstić information content (AvgIpc) is 3.35. The van der Waals surface area contributed by atoms with E-state index in [1.807, 2.05) is 60.7 Å². The molecule has 2 atom stereocenters. The summed E-state index contributed by atoms with van der Waals surface area (Å²) in [7, 11) is 4.83. The Morgan fingerprint density at radius 2 is 1.72 bits per heavy atom. The third-order valence-corrected chi connectivity index (χ3v) is 7.87. The molecule has 8 heteroatoms. The second-order valence-electron chi connectivity index (χ2n) is 9.96. The van der Waals surface area contributed by atoms with Crippen LogP contribution in [0.2, 0.25) is 0 Å². The molecule has 4 aromatic rings. The number of fused-ring (bicyclic) bond motifs is 4. The van der Waals surface area contributed by atoms with E-state index in [2.05, 4.69) is 11.1 Å². The molecule has 1 N–H and O–H groups in total. The minimum Gasteiger partial charge on any atom is -0.497 e. The van der Waals surface area contributed by atoms with Gasteiger partial charge in [-0.25, -0.2) is 0 Å². The Morgan fingerprint density at radius 1 is 0.897 bits per heavy atom. The highest BCUT2D eigenvalue weighted by molar-refractivity contribution is 5.97. The number of nitrogens with zero attached hydrogens (tertiary/aromatic N) is 2. The molecule has 8 nitrogen and oxygen atoms in total. The van der Waals surface area contributed by atoms with Gasteiger partial charge < -0.3 is 29.0 Å². The monoisotopic (exact) mass is 525 g/mol. The highest BCUT2D eigenvalue weighted by Gasteiger charge is 2.48. The van der Waals surface area contributed by atoms with Crippen molar-refractivity contribution in [3.8, 4) is 17.2 Å². The molecule has 1 fully saturated rings. The van der Waals surface area contributed by atoms with E-state index in [9.17, 15) is 9.59 Å². The van der Waals surface area contributed by atoms with Crippen LogP contribution in [0.5, 0.6) is 17.2 Å². The number of nitrogens with one attached hydrogen (secondary N) is 1. The molecule has 0 aliphatic carbocycles. The van der Waals surface area contributed by atoms with Crippen LogP contribution >= 0.6 is 0 Å². The van der Waals surface area contributed by atoms with E-state index in [1.54, 1.807) is 31.1 Å². The van der Waals surface area contributed by atoms with Crippen molar-refractivity contribution in [2.45, 2.75) is 24.9 Å². The number of methoxy groups -OCH3 is 3. The van der Waals surface area contributed by atoms with Gasteiger partial charge in [-0.05, 0) is 53.4 Å². The van der Waals surface area contributed by atoms with Gasteiger partial charge in [-0.15, -0.1) is 0 Å². The number of benzene rings is 3. The van der Waals surface area contributed by atoms with Gasteiger partial charge in [0.2, 0.25) is 11.8 Å². The van der Waals surface area contributed by atoms with Gasteiger partial charge in [0.15, 0.2) is 11.5 Å². The second kappa shape index (κ2) is 10.0. The summed E-state index contributed by atoms with van der Waals surface area (Å²) >= 11 is 0. The van der Waals surface area contributed by atoms with Crippen molar-refractivity contribution in [2.75, 3.05) is 34.4 Å². The number of carbonyl (C=O) groups is 2. The highest BCUT2D eigenvalue weighted by Crippen LogP contribution is 2.43. The van der Waals surface area contributed by atoms with Crippen LogP contribution in [0.4, 0.5) is 0 Å². The van der Waals surface area contributed by atoms with Crippen LogP contribution in [0.3, 0.4) is 0 Å². The predicted molar refractivity (Wildman–Crippen MR) is 147 cm³/mol. The molecular weight excluding hydrogens is 494 g/mol. The van der Waals surface area contributed by atoms with E-state index >= 15 is 0 Å². The number of rotatable bonds is 7. The highest BCUT2D eigenvalue weighted by atomic mass is 16.5. The molecular formula is C31H31N3O5. The van der Waals surface area contributed by atoms with Crippen molar-refractivity contribution in [3.05, 3.63) is 89.1 Å². The van der Waals surface area contributed by atoms with Crippen molar-refractivity contribution < 1.29 is 23.8 Å². The molecule has 6 rings (SSSR count). The predicted octanol–water partition coefficient (Wildman–Crippen LogP) is 4.12. The number of para-hydroxylation sites is 1. The number of hydrogen-bond acceptors (Lipinski definition) is 5. The molecule has 2 aliphatic rings. The first-order valence-electron chi connectivity index (χ1n) is 13.1. The standard InChI is InChI=1S/C31H31N3O5/c1-37-21-8-6-7-20(16-21)30-29-23(22-9-4-5-10-24(22)32-29)17-25-31(36)33(18-28(35)34(25)30)14-13-19-11-12-26(38-2)27(15-19)39-3/h4-12,15-16,25,30,32H,13-14,17-18H2,1-3H3/t25-,30?/m0/s1. The van der Waals surface area contributed by atoms with E-state index in [-0.39, 0.29) is 18.4 Å². The number of aromatic nitrogens is 1. The number of H-pyrrole nitrogens is 1. The first kappa shape index (κ1) is 24.9. The van der Waals surface area contributed by atoms with Gasteiger partial charge in [-0.2, -0.15) is 0 Å². The summed E-state index contributed by atoms with van der Waals surface area (Å²) in [6.07, 6.45) is 1.07. The summed E-state index contributed by atoms with van der Waals surface area (Å²) in [6, 6.07) is 20.6. The van der Waals surface area contributed by atoms with Gasteiger partial charge in [0.05, 0.1) is 33.9 Å². The van der Waals surface area contributed by atoms with Crippen LogP contribution in [0.15, 0.2) is 66.7 Å². The number of amides is 2. The molecule has 1 saturated heterocycles. The summed E-state index contributed by atoms with van der Waals surface area (Å²) in [5.41, 5.74) is 4.96. The number of carbonyl (C=O) groups excluding carboxylic acids is 2. The fourth-order valence-corrected chi connectivity index (χ4v) is 5.97. The lowest BCUT2D eigenvalue weighted by Crippen LogP contribution is -2.63. The van der Waals surface area contributed by atoms with Crippen LogP contribution < -0.4 is 14.2 Å². The van der Waals surface area contributed by atoms with Crippen molar-refractivity contribution in [3.63, 3.8) is 0 Å². The first-order chi connectivity index (χ1) is 19.0. The molecule has 0 saturated carbocycles. The molecule has 2 amide bonds. The number of hydrogen-bond donors (Lipinski definition) is 1. The van der Waals surface area contributed by atoms with Gasteiger partial charge in [0.1, 0.15) is 11.8 Å². The molecule has 3 heterocycles. The zero-order valence-corrected chi connectivity index (χ0v) is 22.3. The largest absolute Gasteiger partial charge is 0.497 e. The Balaban J connectivity index is 1.34. The first-order valence-corrected chi connectivity index (χ1v) is 13.1. The summed E-state index contributed by atoms with van der Waals surface area (Å²) in [6.45, 7) is 0.480. The van der Waals surface area contributed by atoms with Crippen molar-refractivity contribution in [1.29, 1.82) is 0 Å². The Hall–Kier alpha value is -4.46. The maximum atomic E-state index is 14.0.